The molecule has 9 heteroatoms. The summed E-state index contributed by atoms with van der Waals surface area (Å²) in [4.78, 5) is 34.4. The van der Waals surface area contributed by atoms with Crippen LogP contribution in [0.4, 0.5) is 6.01 Å². The van der Waals surface area contributed by atoms with Gasteiger partial charge in [0.2, 0.25) is 5.96 Å². The Morgan fingerprint density at radius 3 is 2.62 bits per heavy atom. The van der Waals surface area contributed by atoms with E-state index in [4.69, 9.17) is 21.0 Å². The van der Waals surface area contributed by atoms with Crippen molar-refractivity contribution in [3.8, 4) is 0 Å². The molecule has 3 aromatic carbocycles. The van der Waals surface area contributed by atoms with E-state index in [1.54, 1.807) is 31.2 Å². The van der Waals surface area contributed by atoms with Crippen LogP contribution in [0.15, 0.2) is 93.5 Å². The molecule has 1 aliphatic heterocycles. The lowest BCUT2D eigenvalue weighted by atomic mass is 9.95. The Morgan fingerprint density at radius 2 is 1.84 bits per heavy atom. The first-order chi connectivity index (χ1) is 17.9. The van der Waals surface area contributed by atoms with Gasteiger partial charge in [-0.1, -0.05) is 60.1 Å². The van der Waals surface area contributed by atoms with Gasteiger partial charge in [-0.25, -0.2) is 4.99 Å². The van der Waals surface area contributed by atoms with Crippen molar-refractivity contribution in [1.82, 2.24) is 15.6 Å². The lowest BCUT2D eigenvalue weighted by Gasteiger charge is -2.27. The number of benzene rings is 3. The standard InChI is InChI=1S/C28H24ClN5O3/c1-16-24(26(36)30-15-18-8-7-9-19(14-18)17(2)35)25(20-10-3-4-11-21(20)29)33-27(31-16)34-28-32-22-12-5-6-13-23(22)37-28/h3-14,25H,15H2,1-2H3,(H,30,36)(H2,31,32,33,34). The lowest BCUT2D eigenvalue weighted by Crippen LogP contribution is -2.39. The molecule has 186 valence electrons. The monoisotopic (exact) mass is 513 g/mol. The Morgan fingerprint density at radius 1 is 1.05 bits per heavy atom. The SMILES string of the molecule is CC(=O)c1cccc(CNC(=O)C2=C(C)NC(Nc3nc4ccccc4o3)=NC2c2ccccc2Cl)c1. The van der Waals surface area contributed by atoms with Gasteiger partial charge in [0.1, 0.15) is 11.6 Å². The van der Waals surface area contributed by atoms with Crippen LogP contribution in [0.1, 0.15) is 41.4 Å². The summed E-state index contributed by atoms with van der Waals surface area (Å²) < 4.78 is 5.77. The van der Waals surface area contributed by atoms with Crippen molar-refractivity contribution in [2.24, 2.45) is 4.99 Å². The Kier molecular flexibility index (Phi) is 6.74. The zero-order valence-corrected chi connectivity index (χ0v) is 21.0. The highest BCUT2D eigenvalue weighted by Crippen LogP contribution is 2.35. The van der Waals surface area contributed by atoms with Crippen LogP contribution in [0.25, 0.3) is 11.1 Å². The summed E-state index contributed by atoms with van der Waals surface area (Å²) in [7, 11) is 0. The smallest absolute Gasteiger partial charge is 0.302 e. The molecule has 1 unspecified atom stereocenters. The molecule has 0 saturated heterocycles. The Labute approximate surface area is 218 Å². The average Bonchev–Trinajstić information content (AvgIpc) is 3.29. The minimum Gasteiger partial charge on any atom is -0.423 e. The van der Waals surface area contributed by atoms with Gasteiger partial charge < -0.3 is 15.1 Å². The molecule has 0 bridgehead atoms. The van der Waals surface area contributed by atoms with Gasteiger partial charge in [0.05, 0.1) is 5.57 Å². The molecular formula is C28H24ClN5O3. The fourth-order valence-corrected chi connectivity index (χ4v) is 4.40. The normalized spacial score (nSPS) is 15.2. The number of oxazole rings is 1. The Balaban J connectivity index is 1.42. The number of guanidine groups is 1. The highest BCUT2D eigenvalue weighted by Gasteiger charge is 2.31. The van der Waals surface area contributed by atoms with Gasteiger partial charge in [0, 0.05) is 28.4 Å². The molecule has 0 spiro atoms. The number of ketones is 1. The predicted molar refractivity (Wildman–Crippen MR) is 143 cm³/mol. The quantitative estimate of drug-likeness (QED) is 0.298. The zero-order chi connectivity index (χ0) is 25.9. The first kappa shape index (κ1) is 24.3. The summed E-state index contributed by atoms with van der Waals surface area (Å²) in [6, 6.07) is 21.5. The third kappa shape index (κ3) is 5.24. The van der Waals surface area contributed by atoms with Crippen molar-refractivity contribution in [2.45, 2.75) is 26.4 Å². The third-order valence-electron chi connectivity index (χ3n) is 5.99. The van der Waals surface area contributed by atoms with Crippen LogP contribution in [0.3, 0.4) is 0 Å². The van der Waals surface area contributed by atoms with Crippen LogP contribution >= 0.6 is 11.6 Å². The van der Waals surface area contributed by atoms with Gasteiger partial charge in [-0.05, 0) is 43.7 Å². The number of hydrogen-bond donors (Lipinski definition) is 3. The second-order valence-corrected chi connectivity index (χ2v) is 9.02. The van der Waals surface area contributed by atoms with Crippen molar-refractivity contribution in [3.05, 3.63) is 106 Å². The minimum atomic E-state index is -0.676. The number of aliphatic imine (C=N–C) groups is 1. The van der Waals surface area contributed by atoms with Gasteiger partial charge in [-0.15, -0.1) is 0 Å². The molecule has 0 radical (unpaired) electrons. The zero-order valence-electron chi connectivity index (χ0n) is 20.2. The minimum absolute atomic E-state index is 0.0321. The maximum Gasteiger partial charge on any atom is 0.302 e. The highest BCUT2D eigenvalue weighted by molar-refractivity contribution is 6.31. The first-order valence-corrected chi connectivity index (χ1v) is 12.1. The molecule has 1 aliphatic rings. The first-order valence-electron chi connectivity index (χ1n) is 11.7. The number of fused-ring (bicyclic) bond motifs is 1. The second-order valence-electron chi connectivity index (χ2n) is 8.62. The van der Waals surface area contributed by atoms with Crippen LogP contribution in [-0.2, 0) is 11.3 Å². The molecule has 1 aromatic heterocycles. The molecule has 2 heterocycles. The van der Waals surface area contributed by atoms with E-state index < -0.39 is 6.04 Å². The van der Waals surface area contributed by atoms with Crippen LogP contribution in [-0.4, -0.2) is 22.6 Å². The average molecular weight is 514 g/mol. The number of amides is 1. The van der Waals surface area contributed by atoms with Crippen molar-refractivity contribution in [2.75, 3.05) is 5.32 Å². The highest BCUT2D eigenvalue weighted by atomic mass is 35.5. The van der Waals surface area contributed by atoms with Gasteiger partial charge >= 0.3 is 6.01 Å². The van der Waals surface area contributed by atoms with Crippen LogP contribution < -0.4 is 16.0 Å². The number of aromatic nitrogens is 1. The Bertz CT molecular complexity index is 1540. The van der Waals surface area contributed by atoms with E-state index in [1.807, 2.05) is 48.5 Å². The van der Waals surface area contributed by atoms with E-state index >= 15 is 0 Å². The van der Waals surface area contributed by atoms with Crippen LogP contribution in [0, 0.1) is 0 Å². The number of halogens is 1. The lowest BCUT2D eigenvalue weighted by molar-refractivity contribution is -0.118. The molecule has 0 saturated carbocycles. The number of nitrogens with zero attached hydrogens (tertiary/aromatic N) is 2. The molecule has 37 heavy (non-hydrogen) atoms. The largest absolute Gasteiger partial charge is 0.423 e. The van der Waals surface area contributed by atoms with Crippen molar-refractivity contribution in [1.29, 1.82) is 0 Å². The topological polar surface area (TPSA) is 109 Å². The molecule has 0 fully saturated rings. The molecule has 3 N–H and O–H groups in total. The molecule has 8 nitrogen and oxygen atoms in total. The molecule has 1 amide bonds. The van der Waals surface area contributed by atoms with E-state index in [9.17, 15) is 9.59 Å². The van der Waals surface area contributed by atoms with E-state index in [-0.39, 0.29) is 24.2 Å². The molecule has 0 aliphatic carbocycles. The fraction of sp³-hybridized carbons (Fsp3) is 0.143. The number of carbonyl (C=O) groups excluding carboxylic acids is 2. The number of hydrogen-bond acceptors (Lipinski definition) is 7. The number of anilines is 1. The third-order valence-corrected chi connectivity index (χ3v) is 6.34. The van der Waals surface area contributed by atoms with Gasteiger partial charge in [-0.2, -0.15) is 4.98 Å². The summed E-state index contributed by atoms with van der Waals surface area (Å²) in [5, 5.41) is 9.67. The van der Waals surface area contributed by atoms with E-state index in [2.05, 4.69) is 20.9 Å². The molecule has 4 aromatic rings. The Hall–Kier alpha value is -4.43. The summed E-state index contributed by atoms with van der Waals surface area (Å²) in [5.41, 5.74) is 4.49. The second kappa shape index (κ2) is 10.3. The molecule has 1 atom stereocenters. The van der Waals surface area contributed by atoms with E-state index in [0.717, 1.165) is 5.56 Å². The molecular weight excluding hydrogens is 490 g/mol. The summed E-state index contributed by atoms with van der Waals surface area (Å²) in [6.07, 6.45) is 0. The summed E-state index contributed by atoms with van der Waals surface area (Å²) in [6.45, 7) is 3.57. The number of Topliss-reactive ketones (excluding diaryl/α,β-unsaturated/α-hetero) is 1. The number of carbonyl (C=O) groups is 2. The maximum atomic E-state index is 13.4. The van der Waals surface area contributed by atoms with Crippen molar-refractivity contribution < 1.29 is 14.0 Å². The van der Waals surface area contributed by atoms with E-state index in [1.165, 1.54) is 6.92 Å². The number of rotatable bonds is 6. The summed E-state index contributed by atoms with van der Waals surface area (Å²) in [5.74, 6) is 0.0443. The van der Waals surface area contributed by atoms with Crippen molar-refractivity contribution >= 4 is 46.4 Å². The van der Waals surface area contributed by atoms with E-state index in [0.29, 0.717) is 44.5 Å². The predicted octanol–water partition coefficient (Wildman–Crippen LogP) is 5.39. The molecule has 5 rings (SSSR count). The fourth-order valence-electron chi connectivity index (χ4n) is 4.16. The van der Waals surface area contributed by atoms with Gasteiger partial charge in [0.15, 0.2) is 11.4 Å². The van der Waals surface area contributed by atoms with Crippen molar-refractivity contribution in [3.63, 3.8) is 0 Å². The number of nitrogens with one attached hydrogen (secondary N) is 3. The van der Waals surface area contributed by atoms with Crippen LogP contribution in [0.5, 0.6) is 0 Å². The maximum absolute atomic E-state index is 13.4. The summed E-state index contributed by atoms with van der Waals surface area (Å²) >= 11 is 6.53. The van der Waals surface area contributed by atoms with Crippen LogP contribution in [0.2, 0.25) is 5.02 Å². The van der Waals surface area contributed by atoms with Gasteiger partial charge in [0.25, 0.3) is 5.91 Å². The van der Waals surface area contributed by atoms with Gasteiger partial charge in [-0.3, -0.25) is 14.9 Å². The number of para-hydroxylation sites is 2. The number of allylic oxidation sites excluding steroid dienone is 1.